The molecule has 0 unspecified atom stereocenters. The highest BCUT2D eigenvalue weighted by atomic mass is 32.1. The van der Waals surface area contributed by atoms with Crippen molar-refractivity contribution in [3.8, 4) is 11.3 Å². The number of rotatable bonds is 2. The van der Waals surface area contributed by atoms with Crippen LogP contribution in [0, 0.1) is 0 Å². The summed E-state index contributed by atoms with van der Waals surface area (Å²) in [6.07, 6.45) is 3.74. The van der Waals surface area contributed by atoms with Crippen LogP contribution in [0.1, 0.15) is 35.9 Å². The summed E-state index contributed by atoms with van der Waals surface area (Å²) in [4.78, 5) is 16.1. The van der Waals surface area contributed by atoms with E-state index >= 15 is 0 Å². The Labute approximate surface area is 127 Å². The Hall–Kier alpha value is -1.72. The van der Waals surface area contributed by atoms with Gasteiger partial charge in [-0.3, -0.25) is 4.79 Å². The first kappa shape index (κ1) is 13.0. The van der Waals surface area contributed by atoms with Crippen LogP contribution in [0.3, 0.4) is 0 Å². The summed E-state index contributed by atoms with van der Waals surface area (Å²) in [6.45, 7) is 0.845. The van der Waals surface area contributed by atoms with Gasteiger partial charge < -0.3 is 10.1 Å². The molecule has 0 saturated carbocycles. The highest BCUT2D eigenvalue weighted by Gasteiger charge is 2.21. The molecule has 2 aliphatic heterocycles. The molecule has 1 amide bonds. The number of amides is 1. The lowest BCUT2D eigenvalue weighted by molar-refractivity contribution is -0.116. The van der Waals surface area contributed by atoms with Gasteiger partial charge in [0.15, 0.2) is 0 Å². The van der Waals surface area contributed by atoms with Crippen LogP contribution >= 0.6 is 11.3 Å². The molecule has 0 radical (unpaired) electrons. The number of aromatic nitrogens is 1. The van der Waals surface area contributed by atoms with E-state index in [1.54, 1.807) is 11.3 Å². The van der Waals surface area contributed by atoms with Gasteiger partial charge in [0.1, 0.15) is 11.1 Å². The van der Waals surface area contributed by atoms with Gasteiger partial charge in [0, 0.05) is 29.7 Å². The molecule has 21 heavy (non-hydrogen) atoms. The number of hydrogen-bond acceptors (Lipinski definition) is 4. The van der Waals surface area contributed by atoms with Crippen LogP contribution in [-0.4, -0.2) is 17.5 Å². The summed E-state index contributed by atoms with van der Waals surface area (Å²) < 4.78 is 5.69. The molecule has 108 valence electrons. The van der Waals surface area contributed by atoms with Crippen LogP contribution in [0.4, 0.5) is 5.69 Å². The Balaban J connectivity index is 1.63. The second-order valence-corrected chi connectivity index (χ2v) is 6.38. The Morgan fingerprint density at radius 3 is 3.14 bits per heavy atom. The van der Waals surface area contributed by atoms with Crippen molar-refractivity contribution in [1.82, 2.24) is 4.98 Å². The van der Waals surface area contributed by atoms with Crippen LogP contribution in [0.25, 0.3) is 11.3 Å². The van der Waals surface area contributed by atoms with Crippen molar-refractivity contribution >= 4 is 22.9 Å². The van der Waals surface area contributed by atoms with E-state index in [2.05, 4.69) is 16.8 Å². The van der Waals surface area contributed by atoms with Gasteiger partial charge in [-0.1, -0.05) is 6.07 Å². The van der Waals surface area contributed by atoms with Crippen LogP contribution < -0.4 is 5.32 Å². The van der Waals surface area contributed by atoms with E-state index in [-0.39, 0.29) is 12.0 Å². The zero-order valence-corrected chi connectivity index (χ0v) is 12.4. The zero-order chi connectivity index (χ0) is 14.2. The van der Waals surface area contributed by atoms with Crippen molar-refractivity contribution in [2.45, 2.75) is 31.8 Å². The summed E-state index contributed by atoms with van der Waals surface area (Å²) in [6, 6.07) is 6.15. The number of thiazole rings is 1. The first-order valence-corrected chi connectivity index (χ1v) is 8.18. The number of anilines is 1. The molecule has 1 N–H and O–H groups in total. The highest BCUT2D eigenvalue weighted by molar-refractivity contribution is 7.10. The maximum absolute atomic E-state index is 11.4. The molecule has 2 aromatic rings. The van der Waals surface area contributed by atoms with Gasteiger partial charge >= 0.3 is 0 Å². The molecule has 1 aromatic carbocycles. The van der Waals surface area contributed by atoms with Crippen molar-refractivity contribution in [3.63, 3.8) is 0 Å². The lowest BCUT2D eigenvalue weighted by Gasteiger charge is -2.17. The smallest absolute Gasteiger partial charge is 0.224 e. The average molecular weight is 300 g/mol. The van der Waals surface area contributed by atoms with Gasteiger partial charge in [-0.2, -0.15) is 0 Å². The predicted octanol–water partition coefficient (Wildman–Crippen LogP) is 3.55. The van der Waals surface area contributed by atoms with E-state index < -0.39 is 0 Å². The van der Waals surface area contributed by atoms with Crippen molar-refractivity contribution in [1.29, 1.82) is 0 Å². The minimum absolute atomic E-state index is 0.101. The number of hydrogen-bond donors (Lipinski definition) is 1. The first-order chi connectivity index (χ1) is 10.3. The van der Waals surface area contributed by atoms with E-state index in [4.69, 9.17) is 9.72 Å². The summed E-state index contributed by atoms with van der Waals surface area (Å²) >= 11 is 1.67. The monoisotopic (exact) mass is 300 g/mol. The number of nitrogens with zero attached hydrogens (tertiary/aromatic N) is 1. The number of fused-ring (bicyclic) bond motifs is 1. The van der Waals surface area contributed by atoms with Crippen molar-refractivity contribution in [2.24, 2.45) is 0 Å². The average Bonchev–Trinajstić information content (AvgIpc) is 3.17. The molecule has 1 aromatic heterocycles. The van der Waals surface area contributed by atoms with Crippen molar-refractivity contribution < 1.29 is 9.53 Å². The summed E-state index contributed by atoms with van der Waals surface area (Å²) in [5.41, 5.74) is 4.25. The van der Waals surface area contributed by atoms with Gasteiger partial charge in [-0.05, 0) is 37.0 Å². The van der Waals surface area contributed by atoms with E-state index in [9.17, 15) is 4.79 Å². The molecular weight excluding hydrogens is 284 g/mol. The van der Waals surface area contributed by atoms with Gasteiger partial charge in [0.05, 0.1) is 5.69 Å². The van der Waals surface area contributed by atoms with E-state index in [1.165, 1.54) is 5.56 Å². The molecule has 0 aliphatic carbocycles. The fourth-order valence-corrected chi connectivity index (χ4v) is 3.79. The molecule has 4 rings (SSSR count). The second kappa shape index (κ2) is 5.24. The topological polar surface area (TPSA) is 51.2 Å². The number of ether oxygens (including phenoxy) is 1. The van der Waals surface area contributed by atoms with Crippen LogP contribution in [-0.2, 0) is 16.0 Å². The Kier molecular flexibility index (Phi) is 3.24. The Morgan fingerprint density at radius 2 is 2.29 bits per heavy atom. The second-order valence-electron chi connectivity index (χ2n) is 5.49. The summed E-state index contributed by atoms with van der Waals surface area (Å²) in [7, 11) is 0. The highest BCUT2D eigenvalue weighted by Crippen LogP contribution is 2.34. The zero-order valence-electron chi connectivity index (χ0n) is 11.6. The maximum atomic E-state index is 11.4. The molecule has 1 atom stereocenters. The third-order valence-corrected chi connectivity index (χ3v) is 4.96. The lowest BCUT2D eigenvalue weighted by Crippen LogP contribution is -2.18. The van der Waals surface area contributed by atoms with Gasteiger partial charge in [0.2, 0.25) is 5.91 Å². The minimum Gasteiger partial charge on any atom is -0.371 e. The molecule has 0 spiro atoms. The first-order valence-electron chi connectivity index (χ1n) is 7.30. The van der Waals surface area contributed by atoms with Gasteiger partial charge in [-0.25, -0.2) is 4.98 Å². The van der Waals surface area contributed by atoms with Crippen molar-refractivity contribution in [3.05, 3.63) is 34.2 Å². The molecule has 1 saturated heterocycles. The third-order valence-electron chi connectivity index (χ3n) is 4.02. The maximum Gasteiger partial charge on any atom is 0.224 e. The summed E-state index contributed by atoms with van der Waals surface area (Å²) in [5, 5.41) is 6.09. The molecule has 3 heterocycles. The minimum atomic E-state index is 0.101. The molecule has 4 nitrogen and oxygen atoms in total. The fraction of sp³-hybridized carbons (Fsp3) is 0.375. The number of aryl methyl sites for hydroxylation is 1. The fourth-order valence-electron chi connectivity index (χ4n) is 2.88. The Morgan fingerprint density at radius 1 is 1.33 bits per heavy atom. The molecular formula is C16H16N2O2S. The SMILES string of the molecule is O=C1CCc2cc(-c3csc([C@H]4CCCO4)n3)ccc2N1. The molecule has 1 fully saturated rings. The number of carbonyl (C=O) groups is 1. The van der Waals surface area contributed by atoms with Crippen LogP contribution in [0.15, 0.2) is 23.6 Å². The molecule has 0 bridgehead atoms. The summed E-state index contributed by atoms with van der Waals surface area (Å²) in [5.74, 6) is 0.101. The van der Waals surface area contributed by atoms with Crippen LogP contribution in [0.2, 0.25) is 0 Å². The van der Waals surface area contributed by atoms with E-state index in [0.29, 0.717) is 6.42 Å². The lowest BCUT2D eigenvalue weighted by atomic mass is 9.99. The number of benzene rings is 1. The third kappa shape index (κ3) is 2.47. The van der Waals surface area contributed by atoms with E-state index in [0.717, 1.165) is 47.8 Å². The van der Waals surface area contributed by atoms with E-state index in [1.807, 2.05) is 12.1 Å². The number of nitrogens with one attached hydrogen (secondary N) is 1. The standard InChI is InChI=1S/C16H16N2O2S/c19-15-6-4-10-8-11(3-5-12(10)17-15)13-9-21-16(18-13)14-2-1-7-20-14/h3,5,8-9,14H,1-2,4,6-7H2,(H,17,19)/t14-/m1/s1. The van der Waals surface area contributed by atoms with Crippen molar-refractivity contribution in [2.75, 3.05) is 11.9 Å². The number of carbonyl (C=O) groups excluding carboxylic acids is 1. The molecule has 2 aliphatic rings. The van der Waals surface area contributed by atoms with Crippen LogP contribution in [0.5, 0.6) is 0 Å². The Bertz CT molecular complexity index is 689. The van der Waals surface area contributed by atoms with Gasteiger partial charge in [-0.15, -0.1) is 11.3 Å². The predicted molar refractivity (Wildman–Crippen MR) is 82.4 cm³/mol. The quantitative estimate of drug-likeness (QED) is 0.923. The molecule has 5 heteroatoms. The largest absolute Gasteiger partial charge is 0.371 e. The normalized spacial score (nSPS) is 21.1. The van der Waals surface area contributed by atoms with Gasteiger partial charge in [0.25, 0.3) is 0 Å².